The van der Waals surface area contributed by atoms with Gasteiger partial charge in [-0.3, -0.25) is 0 Å². The minimum atomic E-state index is -0.0107. The van der Waals surface area contributed by atoms with Gasteiger partial charge in [0.15, 0.2) is 0 Å². The Morgan fingerprint density at radius 1 is 0.460 bits per heavy atom. The van der Waals surface area contributed by atoms with Crippen molar-refractivity contribution in [1.29, 1.82) is 0 Å². The maximum absolute atomic E-state index is 2.71. The topological polar surface area (TPSA) is 6.48 Å². The van der Waals surface area contributed by atoms with E-state index in [2.05, 4.69) is 206 Å². The second-order valence-electron chi connectivity index (χ2n) is 25.7. The van der Waals surface area contributed by atoms with Crippen LogP contribution in [-0.2, 0) is 32.5 Å². The molecule has 4 aliphatic rings. The molecular formula is C60H77BN2. The fourth-order valence-electron chi connectivity index (χ4n) is 11.5. The van der Waals surface area contributed by atoms with Crippen molar-refractivity contribution in [2.75, 3.05) is 9.80 Å². The van der Waals surface area contributed by atoms with Crippen molar-refractivity contribution in [1.82, 2.24) is 0 Å². The molecule has 0 amide bonds. The van der Waals surface area contributed by atoms with Crippen LogP contribution in [0.5, 0.6) is 0 Å². The third-order valence-electron chi connectivity index (χ3n) is 15.9. The van der Waals surface area contributed by atoms with E-state index in [0.29, 0.717) is 5.92 Å². The minimum absolute atomic E-state index is 0.00361. The van der Waals surface area contributed by atoms with Crippen LogP contribution in [0.1, 0.15) is 201 Å². The molecule has 2 nitrogen and oxygen atoms in total. The molecule has 0 unspecified atom stereocenters. The Morgan fingerprint density at radius 3 is 1.35 bits per heavy atom. The molecule has 1 saturated carbocycles. The van der Waals surface area contributed by atoms with Crippen LogP contribution in [0, 0.1) is 0 Å². The van der Waals surface area contributed by atoms with Gasteiger partial charge < -0.3 is 9.80 Å². The normalized spacial score (nSPS) is 18.4. The molecule has 330 valence electrons. The van der Waals surface area contributed by atoms with E-state index in [1.165, 1.54) is 134 Å². The molecule has 0 bridgehead atoms. The van der Waals surface area contributed by atoms with Crippen molar-refractivity contribution in [2.45, 2.75) is 194 Å². The zero-order valence-corrected chi connectivity index (χ0v) is 42.1. The molecule has 0 spiro atoms. The molecule has 2 aliphatic heterocycles. The van der Waals surface area contributed by atoms with E-state index < -0.39 is 0 Å². The number of fused-ring (bicyclic) bond motifs is 5. The molecule has 0 N–H and O–H groups in total. The molecule has 2 aliphatic carbocycles. The lowest BCUT2D eigenvalue weighted by Gasteiger charge is -2.47. The Labute approximate surface area is 383 Å². The third kappa shape index (κ3) is 7.60. The van der Waals surface area contributed by atoms with Gasteiger partial charge in [0, 0.05) is 34.1 Å². The molecule has 3 heteroatoms. The van der Waals surface area contributed by atoms with Gasteiger partial charge in [-0.05, 0) is 168 Å². The summed E-state index contributed by atoms with van der Waals surface area (Å²) in [6.45, 7) is 38.6. The smallest absolute Gasteiger partial charge is 0.252 e. The molecule has 5 aromatic rings. The number of rotatable bonds is 3. The van der Waals surface area contributed by atoms with Crippen LogP contribution >= 0.6 is 0 Å². The highest BCUT2D eigenvalue weighted by Gasteiger charge is 2.47. The second-order valence-corrected chi connectivity index (χ2v) is 25.7. The summed E-state index contributed by atoms with van der Waals surface area (Å²) < 4.78 is 0. The molecule has 9 rings (SSSR count). The largest absolute Gasteiger partial charge is 0.311 e. The highest BCUT2D eigenvalue weighted by atomic mass is 15.2. The standard InChI is InChI=1S/C60H77BN2/c1-55(2,3)40-30-41(56(4,5)6)33-44(32-40)62-50-26-25-39(38-21-18-17-19-22-38)29-48(50)61-49-36-46-47(60(15,16)28-27-59(46,13)14)37-53(49)63(52-24-20-23-51(62)54(52)61)45-34-42(57(7,8)9)31-43(35-45)58(10,11)12/h20,23-26,29-38H,17-19,21-22,27-28H2,1-16H3. The van der Waals surface area contributed by atoms with Crippen LogP contribution in [0.15, 0.2) is 84.9 Å². The van der Waals surface area contributed by atoms with E-state index in [9.17, 15) is 0 Å². The lowest BCUT2D eigenvalue weighted by molar-refractivity contribution is 0.332. The van der Waals surface area contributed by atoms with Crippen LogP contribution in [0.25, 0.3) is 0 Å². The van der Waals surface area contributed by atoms with Crippen LogP contribution in [-0.4, -0.2) is 6.71 Å². The maximum Gasteiger partial charge on any atom is 0.252 e. The lowest BCUT2D eigenvalue weighted by atomic mass is 9.33. The van der Waals surface area contributed by atoms with Crippen LogP contribution < -0.4 is 26.2 Å². The summed E-state index contributed by atoms with van der Waals surface area (Å²) in [4.78, 5) is 5.37. The van der Waals surface area contributed by atoms with Gasteiger partial charge in [0.05, 0.1) is 0 Å². The summed E-state index contributed by atoms with van der Waals surface area (Å²) in [5.41, 5.74) is 22.4. The van der Waals surface area contributed by atoms with E-state index in [1.807, 2.05) is 0 Å². The van der Waals surface area contributed by atoms with Gasteiger partial charge in [0.1, 0.15) is 0 Å². The Bertz CT molecular complexity index is 2540. The number of benzene rings is 5. The molecular weight excluding hydrogens is 759 g/mol. The Morgan fingerprint density at radius 2 is 0.889 bits per heavy atom. The van der Waals surface area contributed by atoms with Crippen molar-refractivity contribution in [3.8, 4) is 0 Å². The number of hydrogen-bond acceptors (Lipinski definition) is 2. The van der Waals surface area contributed by atoms with Crippen LogP contribution in [0.3, 0.4) is 0 Å². The van der Waals surface area contributed by atoms with Gasteiger partial charge >= 0.3 is 0 Å². The fraction of sp³-hybridized carbons (Fsp3) is 0.500. The first-order valence-corrected chi connectivity index (χ1v) is 24.6. The second kappa shape index (κ2) is 14.6. The van der Waals surface area contributed by atoms with Crippen molar-refractivity contribution in [3.63, 3.8) is 0 Å². The highest BCUT2D eigenvalue weighted by Crippen LogP contribution is 2.51. The first-order chi connectivity index (χ1) is 29.2. The SMILES string of the molecule is CC(C)(C)c1cc(N2c3ccc(C4CCCCC4)cc3B3c4cc5c(cc4N(c4cc(C(C)(C)C)cc(C(C)(C)C)c4)c4cccc2c43)C(C)(C)CCC5(C)C)cc(C(C)(C)C)c1. The van der Waals surface area contributed by atoms with Crippen LogP contribution in [0.4, 0.5) is 34.1 Å². The molecule has 0 radical (unpaired) electrons. The summed E-state index contributed by atoms with van der Waals surface area (Å²) in [5.74, 6) is 0.615. The summed E-state index contributed by atoms with van der Waals surface area (Å²) in [6.07, 6.45) is 8.99. The first-order valence-electron chi connectivity index (χ1n) is 24.6. The predicted molar refractivity (Wildman–Crippen MR) is 276 cm³/mol. The zero-order valence-electron chi connectivity index (χ0n) is 42.1. The highest BCUT2D eigenvalue weighted by molar-refractivity contribution is 7.00. The quantitative estimate of drug-likeness (QED) is 0.164. The molecule has 5 aromatic carbocycles. The molecule has 0 aromatic heterocycles. The Balaban J connectivity index is 1.41. The number of nitrogens with zero attached hydrogens (tertiary/aromatic N) is 2. The van der Waals surface area contributed by atoms with E-state index in [4.69, 9.17) is 0 Å². The first kappa shape index (κ1) is 44.0. The molecule has 63 heavy (non-hydrogen) atoms. The van der Waals surface area contributed by atoms with Gasteiger partial charge in [0.25, 0.3) is 6.71 Å². The van der Waals surface area contributed by atoms with Crippen LogP contribution in [0.2, 0.25) is 0 Å². The number of anilines is 6. The Hall–Kier alpha value is -4.24. The van der Waals surface area contributed by atoms with Gasteiger partial charge in [-0.1, -0.05) is 166 Å². The zero-order chi connectivity index (χ0) is 45.4. The average Bonchev–Trinajstić information content (AvgIpc) is 3.20. The molecule has 2 heterocycles. The van der Waals surface area contributed by atoms with Crippen molar-refractivity contribution < 1.29 is 0 Å². The summed E-state index contributed by atoms with van der Waals surface area (Å²) in [6, 6.07) is 35.3. The summed E-state index contributed by atoms with van der Waals surface area (Å²) in [5, 5.41) is 0. The van der Waals surface area contributed by atoms with Gasteiger partial charge in [-0.15, -0.1) is 0 Å². The third-order valence-corrected chi connectivity index (χ3v) is 15.9. The number of hydrogen-bond donors (Lipinski definition) is 0. The van der Waals surface area contributed by atoms with Crippen molar-refractivity contribution in [3.05, 3.63) is 124 Å². The minimum Gasteiger partial charge on any atom is -0.311 e. The lowest BCUT2D eigenvalue weighted by Crippen LogP contribution is -2.62. The molecule has 0 saturated heterocycles. The van der Waals surface area contributed by atoms with Gasteiger partial charge in [-0.25, -0.2) is 0 Å². The fourth-order valence-corrected chi connectivity index (χ4v) is 11.5. The van der Waals surface area contributed by atoms with E-state index in [-0.39, 0.29) is 39.2 Å². The monoisotopic (exact) mass is 837 g/mol. The van der Waals surface area contributed by atoms with E-state index in [0.717, 1.165) is 0 Å². The molecule has 0 atom stereocenters. The van der Waals surface area contributed by atoms with Crippen molar-refractivity contribution in [2.24, 2.45) is 0 Å². The molecule has 1 fully saturated rings. The van der Waals surface area contributed by atoms with Gasteiger partial charge in [0.2, 0.25) is 0 Å². The predicted octanol–water partition coefficient (Wildman–Crippen LogP) is 15.4. The van der Waals surface area contributed by atoms with E-state index in [1.54, 1.807) is 0 Å². The maximum atomic E-state index is 2.71. The summed E-state index contributed by atoms with van der Waals surface area (Å²) in [7, 11) is 0. The summed E-state index contributed by atoms with van der Waals surface area (Å²) >= 11 is 0. The Kier molecular flexibility index (Phi) is 10.2. The van der Waals surface area contributed by atoms with Gasteiger partial charge in [-0.2, -0.15) is 0 Å². The average molecular weight is 837 g/mol. The van der Waals surface area contributed by atoms with Crippen molar-refractivity contribution >= 4 is 57.2 Å². The van der Waals surface area contributed by atoms with E-state index >= 15 is 0 Å².